The van der Waals surface area contributed by atoms with Gasteiger partial charge in [-0.25, -0.2) is 0 Å². The van der Waals surface area contributed by atoms with Crippen molar-refractivity contribution in [3.8, 4) is 0 Å². The molecule has 2 unspecified atom stereocenters. The standard InChI is InChI=1S/C119H230O12/c1-6-11-16-21-26-31-36-41-46-51-56-61-66-71-76-81-86-91-96-101-115(120)127-110-113(130-118(123)104-99-94-89-84-79-74-69-64-59-54-49-44-39-34-29-24-19-14-9-4)108-125-106-112(129-117(122)103-98-93-88-83-78-73-68-63-58-53-48-43-38-33-28-23-18-13-8-3)107-126-109-114(131-119(124)105-100-95-90-85-80-75-70-65-60-55-50-45-40-35-30-25-20-15-10-5)111-128-116(121)102-97-92-87-82-77-72-67-62-57-52-47-42-37-32-27-22-17-12-7-2/h112-114H,6-111H2,1-5H3. The van der Waals surface area contributed by atoms with Gasteiger partial charge in [-0.1, -0.05) is 612 Å². The summed E-state index contributed by atoms with van der Waals surface area (Å²) in [5.74, 6) is -1.63. The Morgan fingerprint density at radius 1 is 0.130 bits per heavy atom. The molecular weight excluding hydrogens is 1620 g/mol. The van der Waals surface area contributed by atoms with E-state index in [1.807, 2.05) is 0 Å². The number of hydrogen-bond donors (Lipinski definition) is 0. The lowest BCUT2D eigenvalue weighted by Gasteiger charge is -2.23. The molecule has 778 valence electrons. The molecular formula is C119H230O12. The summed E-state index contributed by atoms with van der Waals surface area (Å²) in [7, 11) is 0. The van der Waals surface area contributed by atoms with Crippen molar-refractivity contribution in [3.63, 3.8) is 0 Å². The summed E-state index contributed by atoms with van der Waals surface area (Å²) < 4.78 is 42.8. The van der Waals surface area contributed by atoms with Gasteiger partial charge in [-0.3, -0.25) is 24.0 Å². The Labute approximate surface area is 816 Å². The largest absolute Gasteiger partial charge is 0.462 e. The second kappa shape index (κ2) is 113. The van der Waals surface area contributed by atoms with Crippen LogP contribution in [0.25, 0.3) is 0 Å². The van der Waals surface area contributed by atoms with Crippen LogP contribution in [0, 0.1) is 0 Å². The summed E-state index contributed by atoms with van der Waals surface area (Å²) in [6.07, 6.45) is 121. The Morgan fingerprint density at radius 2 is 0.229 bits per heavy atom. The van der Waals surface area contributed by atoms with Crippen molar-refractivity contribution in [2.45, 2.75) is 695 Å². The monoisotopic (exact) mass is 1850 g/mol. The number of rotatable bonds is 115. The second-order valence-corrected chi connectivity index (χ2v) is 41.3. The first kappa shape index (κ1) is 128. The molecule has 0 aliphatic heterocycles. The fourth-order valence-electron chi connectivity index (χ4n) is 19.0. The summed E-state index contributed by atoms with van der Waals surface area (Å²) in [4.78, 5) is 68.0. The highest BCUT2D eigenvalue weighted by molar-refractivity contribution is 5.71. The highest BCUT2D eigenvalue weighted by Crippen LogP contribution is 2.24. The van der Waals surface area contributed by atoms with Gasteiger partial charge in [-0.15, -0.1) is 0 Å². The van der Waals surface area contributed by atoms with Crippen molar-refractivity contribution in [3.05, 3.63) is 0 Å². The number of hydrogen-bond acceptors (Lipinski definition) is 12. The molecule has 0 radical (unpaired) electrons. The summed E-state index contributed by atoms with van der Waals surface area (Å²) in [6.45, 7) is 10.9. The third-order valence-corrected chi connectivity index (χ3v) is 27.9. The molecule has 12 heteroatoms. The van der Waals surface area contributed by atoms with Crippen molar-refractivity contribution in [2.75, 3.05) is 39.6 Å². The summed E-state index contributed by atoms with van der Waals surface area (Å²) in [5, 5.41) is 0. The molecule has 0 bridgehead atoms. The molecule has 0 heterocycles. The topological polar surface area (TPSA) is 150 Å². The van der Waals surface area contributed by atoms with E-state index in [1.165, 1.54) is 507 Å². The van der Waals surface area contributed by atoms with Gasteiger partial charge in [-0.05, 0) is 32.1 Å². The van der Waals surface area contributed by atoms with Crippen molar-refractivity contribution in [2.24, 2.45) is 0 Å². The molecule has 0 saturated heterocycles. The Morgan fingerprint density at radius 3 is 0.351 bits per heavy atom. The Bertz CT molecular complexity index is 2120. The van der Waals surface area contributed by atoms with Gasteiger partial charge in [0.05, 0.1) is 26.4 Å². The fourth-order valence-corrected chi connectivity index (χ4v) is 19.0. The fraction of sp³-hybridized carbons (Fsp3) is 0.958. The summed E-state index contributed by atoms with van der Waals surface area (Å²) in [6, 6.07) is 0. The first-order valence-electron chi connectivity index (χ1n) is 59.7. The van der Waals surface area contributed by atoms with Crippen molar-refractivity contribution in [1.29, 1.82) is 0 Å². The minimum Gasteiger partial charge on any atom is -0.462 e. The Balaban J connectivity index is 6.04. The molecule has 0 aromatic carbocycles. The number of ether oxygens (including phenoxy) is 7. The van der Waals surface area contributed by atoms with Crippen molar-refractivity contribution in [1.82, 2.24) is 0 Å². The van der Waals surface area contributed by atoms with Crippen LogP contribution in [0.4, 0.5) is 0 Å². The van der Waals surface area contributed by atoms with Crippen LogP contribution in [-0.4, -0.2) is 87.8 Å². The molecule has 0 spiro atoms. The number of esters is 5. The van der Waals surface area contributed by atoms with E-state index in [0.29, 0.717) is 12.8 Å². The lowest BCUT2D eigenvalue weighted by atomic mass is 10.0. The normalized spacial score (nSPS) is 12.3. The maximum Gasteiger partial charge on any atom is 0.306 e. The van der Waals surface area contributed by atoms with Gasteiger partial charge in [-0.2, -0.15) is 0 Å². The second-order valence-electron chi connectivity index (χ2n) is 41.3. The molecule has 2 atom stereocenters. The number of carbonyl (C=O) groups is 5. The minimum atomic E-state index is -0.857. The smallest absolute Gasteiger partial charge is 0.306 e. The molecule has 0 aliphatic rings. The van der Waals surface area contributed by atoms with Gasteiger partial charge in [0, 0.05) is 32.1 Å². The van der Waals surface area contributed by atoms with Crippen LogP contribution >= 0.6 is 0 Å². The molecule has 12 nitrogen and oxygen atoms in total. The highest BCUT2D eigenvalue weighted by atomic mass is 16.6. The zero-order valence-electron chi connectivity index (χ0n) is 89.1. The van der Waals surface area contributed by atoms with E-state index in [4.69, 9.17) is 33.2 Å². The predicted molar refractivity (Wildman–Crippen MR) is 563 cm³/mol. The zero-order chi connectivity index (χ0) is 94.5. The van der Waals surface area contributed by atoms with E-state index in [-0.39, 0.29) is 88.8 Å². The Hall–Kier alpha value is -2.73. The SMILES string of the molecule is CCCCCCCCCCCCCCCCCCCCCC(=O)OCC(COCC(COCC(COC(=O)CCCCCCCCCCCCCCCCCCCCC)OC(=O)CCCCCCCCCCCCCCCCCCCCC)OC(=O)CCCCCCCCCCCCCCCCCCCCC)OC(=O)CCCCCCCCCCCCCCCCCCCCC. The average Bonchev–Trinajstić information content (AvgIpc) is 0.922. The first-order valence-corrected chi connectivity index (χ1v) is 59.7. The third-order valence-electron chi connectivity index (χ3n) is 27.9. The van der Waals surface area contributed by atoms with Gasteiger partial charge in [0.25, 0.3) is 0 Å². The maximum absolute atomic E-state index is 13.8. The molecule has 0 N–H and O–H groups in total. The predicted octanol–water partition coefficient (Wildman–Crippen LogP) is 39.0. The molecule has 0 aromatic rings. The number of carbonyl (C=O) groups excluding carboxylic acids is 5. The molecule has 131 heavy (non-hydrogen) atoms. The third kappa shape index (κ3) is 108. The lowest BCUT2D eigenvalue weighted by molar-refractivity contribution is -0.169. The van der Waals surface area contributed by atoms with E-state index in [1.54, 1.807) is 0 Å². The van der Waals surface area contributed by atoms with E-state index in [9.17, 15) is 24.0 Å². The van der Waals surface area contributed by atoms with Gasteiger partial charge < -0.3 is 33.2 Å². The van der Waals surface area contributed by atoms with Gasteiger partial charge in [0.1, 0.15) is 19.3 Å². The van der Waals surface area contributed by atoms with Gasteiger partial charge >= 0.3 is 29.8 Å². The van der Waals surface area contributed by atoms with Crippen LogP contribution in [0.5, 0.6) is 0 Å². The van der Waals surface area contributed by atoms with E-state index < -0.39 is 18.3 Å². The van der Waals surface area contributed by atoms with Gasteiger partial charge in [0.15, 0.2) is 12.2 Å². The number of unbranched alkanes of at least 4 members (excludes halogenated alkanes) is 90. The van der Waals surface area contributed by atoms with E-state index in [0.717, 1.165) is 103 Å². The summed E-state index contributed by atoms with van der Waals surface area (Å²) >= 11 is 0. The molecule has 0 aliphatic carbocycles. The van der Waals surface area contributed by atoms with Crippen LogP contribution in [0.3, 0.4) is 0 Å². The molecule has 0 aromatic heterocycles. The van der Waals surface area contributed by atoms with Crippen LogP contribution < -0.4 is 0 Å². The van der Waals surface area contributed by atoms with Gasteiger partial charge in [0.2, 0.25) is 0 Å². The highest BCUT2D eigenvalue weighted by Gasteiger charge is 2.24. The molecule has 0 amide bonds. The van der Waals surface area contributed by atoms with Crippen LogP contribution in [0.2, 0.25) is 0 Å². The zero-order valence-corrected chi connectivity index (χ0v) is 89.1. The summed E-state index contributed by atoms with van der Waals surface area (Å²) in [5.41, 5.74) is 0. The first-order chi connectivity index (χ1) is 64.7. The molecule has 0 rings (SSSR count). The average molecular weight is 1850 g/mol. The van der Waals surface area contributed by atoms with Crippen molar-refractivity contribution >= 4 is 29.8 Å². The van der Waals surface area contributed by atoms with Crippen LogP contribution in [0.1, 0.15) is 677 Å². The van der Waals surface area contributed by atoms with Crippen LogP contribution in [-0.2, 0) is 57.1 Å². The van der Waals surface area contributed by atoms with Crippen molar-refractivity contribution < 1.29 is 57.1 Å². The van der Waals surface area contributed by atoms with E-state index in [2.05, 4.69) is 34.6 Å². The Kier molecular flexibility index (Phi) is 110. The minimum absolute atomic E-state index is 0.0656. The lowest BCUT2D eigenvalue weighted by Crippen LogP contribution is -2.35. The maximum atomic E-state index is 13.8. The molecule has 0 saturated carbocycles. The molecule has 0 fully saturated rings. The van der Waals surface area contributed by atoms with E-state index >= 15 is 0 Å². The quantitative estimate of drug-likeness (QED) is 0.0324. The van der Waals surface area contributed by atoms with Crippen LogP contribution in [0.15, 0.2) is 0 Å².